The number of benzene rings is 1. The molecule has 1 aromatic rings. The topological polar surface area (TPSA) is 49.9 Å². The van der Waals surface area contributed by atoms with Crippen LogP contribution in [0.3, 0.4) is 0 Å². The number of nitrogens with two attached hydrogens (primary N) is 1. The maximum Gasteiger partial charge on any atom is 0.104 e. The first-order chi connectivity index (χ1) is 6.09. The molecule has 1 aromatic carbocycles. The van der Waals surface area contributed by atoms with E-state index in [-0.39, 0.29) is 11.1 Å². The maximum absolute atomic E-state index is 7.24. The normalized spacial score (nSPS) is 12.5. The van der Waals surface area contributed by atoms with Gasteiger partial charge in [0.25, 0.3) is 0 Å². The molecule has 2 nitrogen and oxygen atoms in total. The predicted octanol–water partition coefficient (Wildman–Crippen LogP) is 2.87. The molecule has 0 aliphatic carbocycles. The van der Waals surface area contributed by atoms with Crippen molar-refractivity contribution in [3.05, 3.63) is 28.7 Å². The Morgan fingerprint density at radius 2 is 2.00 bits per heavy atom. The molecular weight excluding hydrogens is 248 g/mol. The van der Waals surface area contributed by atoms with Gasteiger partial charge in [0.05, 0.1) is 5.25 Å². The molecule has 0 saturated carbocycles. The summed E-state index contributed by atoms with van der Waals surface area (Å²) in [6, 6.07) is 7.98. The molecule has 4 heteroatoms. The smallest absolute Gasteiger partial charge is 0.104 e. The van der Waals surface area contributed by atoms with Gasteiger partial charge in [-0.15, -0.1) is 11.8 Å². The molecule has 0 radical (unpaired) electrons. The van der Waals surface area contributed by atoms with Crippen LogP contribution >= 0.6 is 27.7 Å². The van der Waals surface area contributed by atoms with E-state index in [4.69, 9.17) is 11.1 Å². The Balaban J connectivity index is 2.64. The fraction of sp³-hybridized carbons (Fsp3) is 0.222. The largest absolute Gasteiger partial charge is 0.387 e. The first-order valence-corrected chi connectivity index (χ1v) is 5.53. The van der Waals surface area contributed by atoms with Crippen molar-refractivity contribution >= 4 is 33.5 Å². The summed E-state index contributed by atoms with van der Waals surface area (Å²) in [6.45, 7) is 1.93. The third-order valence-corrected chi connectivity index (χ3v) is 3.24. The van der Waals surface area contributed by atoms with Crippen LogP contribution in [-0.2, 0) is 0 Å². The van der Waals surface area contributed by atoms with Gasteiger partial charge in [0, 0.05) is 9.37 Å². The highest BCUT2D eigenvalue weighted by molar-refractivity contribution is 9.10. The number of amidine groups is 1. The van der Waals surface area contributed by atoms with Crippen LogP contribution in [0.4, 0.5) is 0 Å². The Morgan fingerprint density at radius 3 is 2.46 bits per heavy atom. The number of thioether (sulfide) groups is 1. The lowest BCUT2D eigenvalue weighted by molar-refractivity contribution is 1.22. The van der Waals surface area contributed by atoms with Gasteiger partial charge in [-0.1, -0.05) is 15.9 Å². The van der Waals surface area contributed by atoms with Crippen molar-refractivity contribution in [1.29, 1.82) is 5.41 Å². The Bertz CT molecular complexity index is 297. The summed E-state index contributed by atoms with van der Waals surface area (Å²) in [5, 5.41) is 7.28. The molecule has 0 aliphatic rings. The highest BCUT2D eigenvalue weighted by Crippen LogP contribution is 2.24. The van der Waals surface area contributed by atoms with Gasteiger partial charge in [0.15, 0.2) is 0 Å². The summed E-state index contributed by atoms with van der Waals surface area (Å²) in [5.41, 5.74) is 5.37. The van der Waals surface area contributed by atoms with Gasteiger partial charge in [-0.3, -0.25) is 5.41 Å². The van der Waals surface area contributed by atoms with Crippen LogP contribution in [0.1, 0.15) is 6.92 Å². The van der Waals surface area contributed by atoms with E-state index in [1.54, 1.807) is 11.8 Å². The van der Waals surface area contributed by atoms with Gasteiger partial charge in [0.1, 0.15) is 5.84 Å². The summed E-state index contributed by atoms with van der Waals surface area (Å²) < 4.78 is 1.06. The quantitative estimate of drug-likeness (QED) is 0.498. The third-order valence-electron chi connectivity index (χ3n) is 1.56. The van der Waals surface area contributed by atoms with E-state index in [2.05, 4.69) is 15.9 Å². The summed E-state index contributed by atoms with van der Waals surface area (Å²) in [7, 11) is 0. The molecule has 1 unspecified atom stereocenters. The van der Waals surface area contributed by atoms with Gasteiger partial charge < -0.3 is 5.73 Å². The fourth-order valence-electron chi connectivity index (χ4n) is 0.781. The molecule has 70 valence electrons. The van der Waals surface area contributed by atoms with E-state index in [1.165, 1.54) is 0 Å². The highest BCUT2D eigenvalue weighted by atomic mass is 79.9. The third kappa shape index (κ3) is 3.40. The Labute approximate surface area is 90.5 Å². The molecule has 1 rings (SSSR count). The van der Waals surface area contributed by atoms with Gasteiger partial charge >= 0.3 is 0 Å². The number of hydrogen-bond acceptors (Lipinski definition) is 2. The van der Waals surface area contributed by atoms with Crippen LogP contribution < -0.4 is 5.73 Å². The van der Waals surface area contributed by atoms with Crippen molar-refractivity contribution < 1.29 is 0 Å². The van der Waals surface area contributed by atoms with Crippen LogP contribution in [0.2, 0.25) is 0 Å². The molecule has 0 amide bonds. The Kier molecular flexibility index (Phi) is 3.81. The molecule has 1 atom stereocenters. The average molecular weight is 259 g/mol. The SMILES string of the molecule is CC(Sc1ccc(Br)cc1)C(=N)N. The van der Waals surface area contributed by atoms with E-state index >= 15 is 0 Å². The van der Waals surface area contributed by atoms with E-state index < -0.39 is 0 Å². The molecule has 0 aliphatic heterocycles. The first-order valence-electron chi connectivity index (χ1n) is 3.85. The summed E-state index contributed by atoms with van der Waals surface area (Å²) in [6.07, 6.45) is 0. The van der Waals surface area contributed by atoms with E-state index in [0.717, 1.165) is 9.37 Å². The van der Waals surface area contributed by atoms with Crippen molar-refractivity contribution in [3.63, 3.8) is 0 Å². The lowest BCUT2D eigenvalue weighted by Gasteiger charge is -2.08. The molecule has 0 bridgehead atoms. The predicted molar refractivity (Wildman–Crippen MR) is 61.4 cm³/mol. The summed E-state index contributed by atoms with van der Waals surface area (Å²) in [5.74, 6) is 0.216. The van der Waals surface area contributed by atoms with Crippen molar-refractivity contribution in [2.24, 2.45) is 5.73 Å². The van der Waals surface area contributed by atoms with Crippen molar-refractivity contribution in [2.45, 2.75) is 17.1 Å². The number of halogens is 1. The fourth-order valence-corrected chi connectivity index (χ4v) is 1.87. The van der Waals surface area contributed by atoms with Crippen LogP contribution in [0, 0.1) is 5.41 Å². The second kappa shape index (κ2) is 4.67. The van der Waals surface area contributed by atoms with Crippen molar-refractivity contribution in [1.82, 2.24) is 0 Å². The number of hydrogen-bond donors (Lipinski definition) is 2. The van der Waals surface area contributed by atoms with Crippen molar-refractivity contribution in [2.75, 3.05) is 0 Å². The number of rotatable bonds is 3. The second-order valence-electron chi connectivity index (χ2n) is 2.67. The average Bonchev–Trinajstić information content (AvgIpc) is 2.08. The molecule has 0 spiro atoms. The van der Waals surface area contributed by atoms with Gasteiger partial charge in [-0.25, -0.2) is 0 Å². The molecule has 0 fully saturated rings. The minimum absolute atomic E-state index is 0.0428. The van der Waals surface area contributed by atoms with Gasteiger partial charge in [0.2, 0.25) is 0 Å². The van der Waals surface area contributed by atoms with Crippen LogP contribution in [0.15, 0.2) is 33.6 Å². The minimum atomic E-state index is 0.0428. The zero-order valence-corrected chi connectivity index (χ0v) is 9.65. The number of nitrogens with one attached hydrogen (secondary N) is 1. The Hall–Kier alpha value is -0.480. The molecular formula is C9H11BrN2S. The Morgan fingerprint density at radius 1 is 1.46 bits per heavy atom. The first kappa shape index (κ1) is 10.6. The standard InChI is InChI=1S/C9H11BrN2S/c1-6(9(11)12)13-8-4-2-7(10)3-5-8/h2-6H,1H3,(H3,11,12). The van der Waals surface area contributed by atoms with Crippen LogP contribution in [0.25, 0.3) is 0 Å². The van der Waals surface area contributed by atoms with Crippen molar-refractivity contribution in [3.8, 4) is 0 Å². The maximum atomic E-state index is 7.24. The van der Waals surface area contributed by atoms with E-state index in [0.29, 0.717) is 0 Å². The molecule has 13 heavy (non-hydrogen) atoms. The van der Waals surface area contributed by atoms with Crippen LogP contribution in [0.5, 0.6) is 0 Å². The monoisotopic (exact) mass is 258 g/mol. The minimum Gasteiger partial charge on any atom is -0.387 e. The van der Waals surface area contributed by atoms with Gasteiger partial charge in [-0.05, 0) is 31.2 Å². The van der Waals surface area contributed by atoms with E-state index in [9.17, 15) is 0 Å². The molecule has 0 saturated heterocycles. The lowest BCUT2D eigenvalue weighted by atomic mass is 10.4. The van der Waals surface area contributed by atoms with Gasteiger partial charge in [-0.2, -0.15) is 0 Å². The highest BCUT2D eigenvalue weighted by Gasteiger charge is 2.06. The second-order valence-corrected chi connectivity index (χ2v) is 5.00. The van der Waals surface area contributed by atoms with Crippen LogP contribution in [-0.4, -0.2) is 11.1 Å². The summed E-state index contributed by atoms with van der Waals surface area (Å²) in [4.78, 5) is 1.13. The zero-order chi connectivity index (χ0) is 9.84. The zero-order valence-electron chi connectivity index (χ0n) is 7.25. The van der Waals surface area contributed by atoms with E-state index in [1.807, 2.05) is 31.2 Å². The lowest BCUT2D eigenvalue weighted by Crippen LogP contribution is -2.21. The summed E-state index contributed by atoms with van der Waals surface area (Å²) >= 11 is 4.95. The molecule has 0 aromatic heterocycles. The molecule has 0 heterocycles. The molecule has 3 N–H and O–H groups in total.